The number of aliphatic hydroxyl groups is 1. The second kappa shape index (κ2) is 13.2. The lowest BCUT2D eigenvalue weighted by Crippen LogP contribution is -2.43. The zero-order valence-electron chi connectivity index (χ0n) is 29.6. The van der Waals surface area contributed by atoms with Gasteiger partial charge in [-0.2, -0.15) is 26.3 Å². The minimum absolute atomic E-state index is 0.0859. The van der Waals surface area contributed by atoms with Crippen LogP contribution in [0.5, 0.6) is 11.5 Å². The first kappa shape index (κ1) is 35.9. The minimum atomic E-state index is -3.74. The molecule has 8 rings (SSSR count). The van der Waals surface area contributed by atoms with Gasteiger partial charge in [0.2, 0.25) is 0 Å². The number of aliphatic hydroxyl groups excluding tert-OH is 1. The summed E-state index contributed by atoms with van der Waals surface area (Å²) in [5.74, 6) is 4.54. The number of ketones is 1. The van der Waals surface area contributed by atoms with Crippen LogP contribution in [0.4, 0.5) is 0 Å². The van der Waals surface area contributed by atoms with Crippen LogP contribution in [0.1, 0.15) is 112 Å². The van der Waals surface area contributed by atoms with Gasteiger partial charge in [-0.3, -0.25) is 4.79 Å². The zero-order chi connectivity index (χ0) is 35.6. The Morgan fingerprint density at radius 3 is 1.74 bits per heavy atom. The summed E-state index contributed by atoms with van der Waals surface area (Å²) in [6.45, 7) is 4.46. The van der Waals surface area contributed by atoms with Crippen molar-refractivity contribution in [2.24, 2.45) is 34.5 Å². The normalized spacial score (nSPS) is 35.6. The van der Waals surface area contributed by atoms with Crippen molar-refractivity contribution >= 4 is 26.4 Å². The molecule has 0 aliphatic heterocycles. The highest BCUT2D eigenvalue weighted by atomic mass is 32.2. The number of aryl methyl sites for hydroxylation is 2. The number of hydrogen-bond donors (Lipinski definition) is 3. The Morgan fingerprint density at radius 2 is 1.20 bits per heavy atom. The molecule has 0 spiro atoms. The van der Waals surface area contributed by atoms with Gasteiger partial charge in [-0.1, -0.05) is 26.0 Å². The highest BCUT2D eigenvalue weighted by Gasteiger charge is 2.55. The topological polar surface area (TPSA) is 148 Å². The summed E-state index contributed by atoms with van der Waals surface area (Å²) in [5, 5.41) is 10.5. The molecule has 6 aliphatic carbocycles. The fourth-order valence-corrected chi connectivity index (χ4v) is 12.2. The highest BCUT2D eigenvalue weighted by Crippen LogP contribution is 2.61. The van der Waals surface area contributed by atoms with Gasteiger partial charge in [0.05, 0.1) is 6.10 Å². The van der Waals surface area contributed by atoms with Crippen LogP contribution in [-0.4, -0.2) is 47.9 Å². The fraction of sp³-hybridized carbons (Fsp3) is 0.658. The molecule has 9 atom stereocenters. The minimum Gasteiger partial charge on any atom is -0.393 e. The summed E-state index contributed by atoms with van der Waals surface area (Å²) in [7, 11) is -4.79. The molecule has 0 radical (unpaired) electrons. The van der Waals surface area contributed by atoms with Crippen molar-refractivity contribution in [2.75, 3.05) is 14.1 Å². The van der Waals surface area contributed by atoms with E-state index >= 15 is 0 Å². The molecule has 0 saturated heterocycles. The predicted octanol–water partition coefficient (Wildman–Crippen LogP) is 5.70. The third kappa shape index (κ3) is 6.31. The number of benzene rings is 2. The molecule has 4 saturated carbocycles. The average Bonchev–Trinajstić information content (AvgIpc) is 3.57. The summed E-state index contributed by atoms with van der Waals surface area (Å²) in [4.78, 5) is 12.4. The molecule has 12 heteroatoms. The van der Waals surface area contributed by atoms with Gasteiger partial charge in [0.25, 0.3) is 0 Å². The van der Waals surface area contributed by atoms with Gasteiger partial charge in [0.15, 0.2) is 0 Å². The van der Waals surface area contributed by atoms with Crippen molar-refractivity contribution < 1.29 is 35.1 Å². The molecule has 50 heavy (non-hydrogen) atoms. The molecule has 0 aromatic heterocycles. The van der Waals surface area contributed by atoms with Gasteiger partial charge in [0, 0.05) is 25.9 Å². The lowest BCUT2D eigenvalue weighted by molar-refractivity contribution is -0.129. The summed E-state index contributed by atoms with van der Waals surface area (Å²) in [5.41, 5.74) is 5.07. The average molecular weight is 729 g/mol. The van der Waals surface area contributed by atoms with Crippen molar-refractivity contribution in [1.82, 2.24) is 9.44 Å². The zero-order valence-corrected chi connectivity index (χ0v) is 31.2. The van der Waals surface area contributed by atoms with Gasteiger partial charge in [-0.05, 0) is 158 Å². The third-order valence-electron chi connectivity index (χ3n) is 14.0. The molecule has 0 amide bonds. The van der Waals surface area contributed by atoms with Gasteiger partial charge in [-0.15, -0.1) is 0 Å². The molecule has 2 aromatic carbocycles. The standard InChI is InChI=1S/C19H27NO4S.C19H25NO4S/c2*1-19-10-9-15-14-6-4-13(24-25(22,23)20-2)11-12(14)3-5-16(15)17(19)7-8-18(19)21/h4,6,11,15-18,20-21H,3,5,7-10H2,1-2H3;4,6,11,15-17,20H,3,5,7-10H2,1-2H3/t15-,16-,17+,18+,19+;15?,16?,17?,19-/m10/s1. The number of nitrogens with one attached hydrogen (secondary N) is 2. The maximum atomic E-state index is 12.4. The Balaban J connectivity index is 0.000000157. The Morgan fingerprint density at radius 1 is 0.680 bits per heavy atom. The number of hydrogen-bond acceptors (Lipinski definition) is 8. The number of carbonyl (C=O) groups is 1. The molecule has 4 fully saturated rings. The maximum Gasteiger partial charge on any atom is 0.382 e. The molecule has 274 valence electrons. The van der Waals surface area contributed by atoms with Crippen molar-refractivity contribution in [3.05, 3.63) is 58.7 Å². The maximum absolute atomic E-state index is 12.4. The van der Waals surface area contributed by atoms with Gasteiger partial charge >= 0.3 is 20.6 Å². The van der Waals surface area contributed by atoms with Crippen LogP contribution in [0.25, 0.3) is 0 Å². The second-order valence-electron chi connectivity index (χ2n) is 16.1. The lowest BCUT2D eigenvalue weighted by atomic mass is 9.55. The van der Waals surface area contributed by atoms with E-state index in [0.717, 1.165) is 77.0 Å². The number of fused-ring (bicyclic) bond motifs is 10. The van der Waals surface area contributed by atoms with Crippen LogP contribution in [0, 0.1) is 34.5 Å². The number of carbonyl (C=O) groups excluding carboxylic acids is 1. The fourth-order valence-electron chi connectivity index (χ4n) is 11.3. The van der Waals surface area contributed by atoms with E-state index in [9.17, 15) is 26.7 Å². The van der Waals surface area contributed by atoms with E-state index in [0.29, 0.717) is 52.8 Å². The molecule has 0 heterocycles. The van der Waals surface area contributed by atoms with Crippen LogP contribution in [0.2, 0.25) is 0 Å². The van der Waals surface area contributed by atoms with E-state index in [2.05, 4.69) is 29.4 Å². The van der Waals surface area contributed by atoms with Crippen molar-refractivity contribution in [2.45, 2.75) is 109 Å². The SMILES string of the molecule is CNS(=O)(=O)Oc1ccc2c(c1)CCC1C2CC[C@]2(C)C(=O)CCC12.CNS(=O)(=O)Oc1ccc2c(c1)CC[C@@H]1[C@@H]2CC[C@]2(C)[C@@H](O)CC[C@@H]12. The van der Waals surface area contributed by atoms with Crippen molar-refractivity contribution in [1.29, 1.82) is 0 Å². The van der Waals surface area contributed by atoms with Crippen molar-refractivity contribution in [3.8, 4) is 11.5 Å². The van der Waals surface area contributed by atoms with Gasteiger partial charge < -0.3 is 13.5 Å². The first-order valence-corrected chi connectivity index (χ1v) is 21.2. The van der Waals surface area contributed by atoms with Crippen LogP contribution in [-0.2, 0) is 38.2 Å². The van der Waals surface area contributed by atoms with E-state index < -0.39 is 20.6 Å². The molecule has 6 aliphatic rings. The van der Waals surface area contributed by atoms with Crippen molar-refractivity contribution in [3.63, 3.8) is 0 Å². The molecular weight excluding hydrogens is 677 g/mol. The summed E-state index contributed by atoms with van der Waals surface area (Å²) in [6.07, 6.45) is 12.0. The predicted molar refractivity (Wildman–Crippen MR) is 190 cm³/mol. The molecular formula is C38H52N2O8S2. The summed E-state index contributed by atoms with van der Waals surface area (Å²) < 4.78 is 60.9. The van der Waals surface area contributed by atoms with Crippen LogP contribution < -0.4 is 17.8 Å². The Kier molecular flexibility index (Phi) is 9.44. The molecule has 10 nitrogen and oxygen atoms in total. The first-order valence-electron chi connectivity index (χ1n) is 18.4. The summed E-state index contributed by atoms with van der Waals surface area (Å²) in [6, 6.07) is 11.4. The summed E-state index contributed by atoms with van der Waals surface area (Å²) >= 11 is 0. The smallest absolute Gasteiger partial charge is 0.382 e. The monoisotopic (exact) mass is 728 g/mol. The molecule has 3 N–H and O–H groups in total. The molecule has 0 bridgehead atoms. The largest absolute Gasteiger partial charge is 0.393 e. The highest BCUT2D eigenvalue weighted by molar-refractivity contribution is 7.85. The first-order chi connectivity index (χ1) is 23.7. The van der Waals surface area contributed by atoms with E-state index in [-0.39, 0.29) is 16.9 Å². The van der Waals surface area contributed by atoms with E-state index in [1.165, 1.54) is 36.3 Å². The Hall–Kier alpha value is -2.51. The van der Waals surface area contributed by atoms with Crippen LogP contribution in [0.15, 0.2) is 36.4 Å². The number of rotatable bonds is 6. The van der Waals surface area contributed by atoms with E-state index in [1.807, 2.05) is 18.2 Å². The van der Waals surface area contributed by atoms with Gasteiger partial charge in [-0.25, -0.2) is 0 Å². The Bertz CT molecular complexity index is 1870. The van der Waals surface area contributed by atoms with Crippen LogP contribution in [0.3, 0.4) is 0 Å². The van der Waals surface area contributed by atoms with E-state index in [1.54, 1.807) is 12.1 Å². The third-order valence-corrected chi connectivity index (χ3v) is 15.8. The second-order valence-corrected chi connectivity index (χ2v) is 19.1. The quantitative estimate of drug-likeness (QED) is 0.343. The van der Waals surface area contributed by atoms with Crippen LogP contribution >= 0.6 is 0 Å². The lowest BCUT2D eigenvalue weighted by Gasteiger charge is -2.50. The molecule has 3 unspecified atom stereocenters. The molecule has 2 aromatic rings. The Labute approximate surface area is 297 Å². The van der Waals surface area contributed by atoms with Gasteiger partial charge in [0.1, 0.15) is 17.3 Å². The van der Waals surface area contributed by atoms with E-state index in [4.69, 9.17) is 8.37 Å². The number of Topliss-reactive ketones (excluding diaryl/α,β-unsaturated/α-hetero) is 1.